The van der Waals surface area contributed by atoms with Gasteiger partial charge >= 0.3 is 0 Å². The van der Waals surface area contributed by atoms with Crippen LogP contribution in [0.5, 0.6) is 0 Å². The summed E-state index contributed by atoms with van der Waals surface area (Å²) in [6.45, 7) is 7.85. The van der Waals surface area contributed by atoms with E-state index in [0.717, 1.165) is 65.6 Å². The zero-order chi connectivity index (χ0) is 21.3. The molecular weight excluding hydrogens is 401 g/mol. The van der Waals surface area contributed by atoms with E-state index < -0.39 is 0 Å². The van der Waals surface area contributed by atoms with E-state index in [-0.39, 0.29) is 23.7 Å². The molecule has 6 nitrogen and oxygen atoms in total. The minimum atomic E-state index is -0.267. The van der Waals surface area contributed by atoms with E-state index in [4.69, 9.17) is 4.98 Å². The fraction of sp³-hybridized carbons (Fsp3) is 0.500. The molecule has 0 spiro atoms. The summed E-state index contributed by atoms with van der Waals surface area (Å²) in [5.74, 6) is 0.0371. The molecule has 160 valence electrons. The van der Waals surface area contributed by atoms with Crippen LogP contribution < -0.4 is 10.2 Å². The van der Waals surface area contributed by atoms with Crippen molar-refractivity contribution in [1.29, 1.82) is 0 Å². The summed E-state index contributed by atoms with van der Waals surface area (Å²) in [4.78, 5) is 19.5. The summed E-state index contributed by atoms with van der Waals surface area (Å²) in [6.07, 6.45) is 3.62. The number of piperidine rings is 1. The number of benzene rings is 1. The van der Waals surface area contributed by atoms with Gasteiger partial charge in [-0.05, 0) is 56.9 Å². The van der Waals surface area contributed by atoms with Crippen molar-refractivity contribution in [3.05, 3.63) is 35.8 Å². The van der Waals surface area contributed by atoms with Crippen LogP contribution in [0.1, 0.15) is 45.2 Å². The van der Waals surface area contributed by atoms with E-state index in [0.29, 0.717) is 0 Å². The second-order valence-electron chi connectivity index (χ2n) is 7.91. The van der Waals surface area contributed by atoms with E-state index in [2.05, 4.69) is 29.2 Å². The second kappa shape index (κ2) is 8.71. The lowest BCUT2D eigenvalue weighted by atomic mass is 10.00. The standard InChI is InChI=1S/C22H28FN5OS/c1-4-15(5-2)21(29)24-17-10-12-27(13-11-17)22-25-20-19(30-22)14(3)26-28(20)18-8-6-16(23)7-9-18/h6-9,15,17H,4-5,10-13H2,1-3H3,(H,24,29). The van der Waals surface area contributed by atoms with E-state index in [1.54, 1.807) is 28.2 Å². The number of thiazole rings is 1. The number of fused-ring (bicyclic) bond motifs is 1. The Morgan fingerprint density at radius 2 is 1.90 bits per heavy atom. The molecule has 0 bridgehead atoms. The number of nitrogens with zero attached hydrogens (tertiary/aromatic N) is 4. The number of hydrogen-bond donors (Lipinski definition) is 1. The second-order valence-corrected chi connectivity index (χ2v) is 8.88. The van der Waals surface area contributed by atoms with E-state index >= 15 is 0 Å². The molecule has 1 saturated heterocycles. The number of carbonyl (C=O) groups is 1. The van der Waals surface area contributed by atoms with Crippen molar-refractivity contribution in [1.82, 2.24) is 20.1 Å². The van der Waals surface area contributed by atoms with Crippen molar-refractivity contribution in [3.63, 3.8) is 0 Å². The Balaban J connectivity index is 1.47. The fourth-order valence-corrected chi connectivity index (χ4v) is 5.05. The van der Waals surface area contributed by atoms with Gasteiger partial charge in [0.1, 0.15) is 5.82 Å². The van der Waals surface area contributed by atoms with Crippen LogP contribution in [-0.2, 0) is 4.79 Å². The van der Waals surface area contributed by atoms with Crippen LogP contribution in [0.4, 0.5) is 9.52 Å². The lowest BCUT2D eigenvalue weighted by Crippen LogP contribution is -2.46. The summed E-state index contributed by atoms with van der Waals surface area (Å²) in [7, 11) is 0. The summed E-state index contributed by atoms with van der Waals surface area (Å²) < 4.78 is 16.1. The molecule has 1 aliphatic heterocycles. The highest BCUT2D eigenvalue weighted by molar-refractivity contribution is 7.22. The van der Waals surface area contributed by atoms with Crippen LogP contribution >= 0.6 is 11.3 Å². The zero-order valence-corrected chi connectivity index (χ0v) is 18.5. The SMILES string of the molecule is CCC(CC)C(=O)NC1CCN(c2nc3c(s2)c(C)nn3-c2ccc(F)cc2)CC1. The monoisotopic (exact) mass is 429 g/mol. The molecule has 0 aliphatic carbocycles. The van der Waals surface area contributed by atoms with Gasteiger partial charge < -0.3 is 10.2 Å². The first-order chi connectivity index (χ1) is 14.5. The predicted octanol–water partition coefficient (Wildman–Crippen LogP) is 4.45. The maximum atomic E-state index is 13.3. The molecule has 3 heterocycles. The molecular formula is C22H28FN5OS. The average molecular weight is 430 g/mol. The normalized spacial score (nSPS) is 15.3. The lowest BCUT2D eigenvalue weighted by Gasteiger charge is -2.32. The third-order valence-electron chi connectivity index (χ3n) is 5.92. The van der Waals surface area contributed by atoms with Gasteiger partial charge in [0.2, 0.25) is 5.91 Å². The topological polar surface area (TPSA) is 63.1 Å². The van der Waals surface area contributed by atoms with Gasteiger partial charge in [0.25, 0.3) is 0 Å². The number of hydrogen-bond acceptors (Lipinski definition) is 5. The van der Waals surface area contributed by atoms with Crippen molar-refractivity contribution < 1.29 is 9.18 Å². The first-order valence-corrected chi connectivity index (χ1v) is 11.5. The van der Waals surface area contributed by atoms with E-state index in [1.807, 2.05) is 6.92 Å². The molecule has 1 amide bonds. The van der Waals surface area contributed by atoms with Gasteiger partial charge in [-0.3, -0.25) is 4.79 Å². The molecule has 8 heteroatoms. The Morgan fingerprint density at radius 3 is 2.53 bits per heavy atom. The first kappa shape index (κ1) is 20.8. The smallest absolute Gasteiger partial charge is 0.223 e. The number of amides is 1. The number of halogens is 1. The molecule has 3 aromatic rings. The maximum absolute atomic E-state index is 13.3. The predicted molar refractivity (Wildman–Crippen MR) is 119 cm³/mol. The van der Waals surface area contributed by atoms with Gasteiger partial charge in [-0.15, -0.1) is 0 Å². The highest BCUT2D eigenvalue weighted by Crippen LogP contribution is 2.33. The van der Waals surface area contributed by atoms with Crippen LogP contribution in [0.2, 0.25) is 0 Å². The number of aromatic nitrogens is 3. The van der Waals surface area contributed by atoms with Crippen molar-refractivity contribution in [2.24, 2.45) is 5.92 Å². The van der Waals surface area contributed by atoms with Crippen molar-refractivity contribution >= 4 is 32.7 Å². The molecule has 30 heavy (non-hydrogen) atoms. The van der Waals surface area contributed by atoms with Gasteiger partial charge in [0.05, 0.1) is 16.1 Å². The summed E-state index contributed by atoms with van der Waals surface area (Å²) in [6, 6.07) is 6.54. The quantitative estimate of drug-likeness (QED) is 0.629. The first-order valence-electron chi connectivity index (χ1n) is 10.7. The molecule has 4 rings (SSSR count). The largest absolute Gasteiger partial charge is 0.353 e. The van der Waals surface area contributed by atoms with Crippen LogP contribution in [-0.4, -0.2) is 39.8 Å². The molecule has 2 aromatic heterocycles. The number of anilines is 1. The van der Waals surface area contributed by atoms with Gasteiger partial charge in [-0.25, -0.2) is 9.07 Å². The molecule has 0 atom stereocenters. The lowest BCUT2D eigenvalue weighted by molar-refractivity contribution is -0.126. The Bertz CT molecular complexity index is 1020. The summed E-state index contributed by atoms with van der Waals surface area (Å²) in [5, 5.41) is 8.80. The third-order valence-corrected chi connectivity index (χ3v) is 7.13. The fourth-order valence-electron chi connectivity index (χ4n) is 4.01. The molecule has 1 N–H and O–H groups in total. The van der Waals surface area contributed by atoms with E-state index in [1.165, 1.54) is 12.1 Å². The number of rotatable bonds is 6. The Kier molecular flexibility index (Phi) is 6.04. The van der Waals surface area contributed by atoms with Crippen molar-refractivity contribution in [2.45, 2.75) is 52.5 Å². The van der Waals surface area contributed by atoms with Gasteiger partial charge in [-0.2, -0.15) is 10.1 Å². The number of nitrogens with one attached hydrogen (secondary N) is 1. The highest BCUT2D eigenvalue weighted by atomic mass is 32.1. The van der Waals surface area contributed by atoms with Gasteiger partial charge in [-0.1, -0.05) is 25.2 Å². The molecule has 1 aliphatic rings. The molecule has 1 aromatic carbocycles. The van der Waals surface area contributed by atoms with Crippen LogP contribution in [0.15, 0.2) is 24.3 Å². The Morgan fingerprint density at radius 1 is 1.23 bits per heavy atom. The van der Waals surface area contributed by atoms with Crippen molar-refractivity contribution in [3.8, 4) is 5.69 Å². The zero-order valence-electron chi connectivity index (χ0n) is 17.7. The third kappa shape index (κ3) is 4.05. The molecule has 0 radical (unpaired) electrons. The minimum Gasteiger partial charge on any atom is -0.353 e. The van der Waals surface area contributed by atoms with Crippen molar-refractivity contribution in [2.75, 3.05) is 18.0 Å². The minimum absolute atomic E-state index is 0.115. The number of carbonyl (C=O) groups excluding carboxylic acids is 1. The summed E-state index contributed by atoms with van der Waals surface area (Å²) in [5.41, 5.74) is 2.53. The molecule has 0 saturated carbocycles. The van der Waals surface area contributed by atoms with Crippen LogP contribution in [0, 0.1) is 18.7 Å². The van der Waals surface area contributed by atoms with E-state index in [9.17, 15) is 9.18 Å². The Labute approximate surface area is 180 Å². The van der Waals surface area contributed by atoms with Gasteiger partial charge in [0.15, 0.2) is 10.8 Å². The van der Waals surface area contributed by atoms with Gasteiger partial charge in [0, 0.05) is 25.0 Å². The Hall–Kier alpha value is -2.48. The summed E-state index contributed by atoms with van der Waals surface area (Å²) >= 11 is 1.65. The number of aryl methyl sites for hydroxylation is 1. The maximum Gasteiger partial charge on any atom is 0.223 e. The molecule has 1 fully saturated rings. The van der Waals surface area contributed by atoms with Crippen LogP contribution in [0.3, 0.4) is 0 Å². The highest BCUT2D eigenvalue weighted by Gasteiger charge is 2.26. The molecule has 0 unspecified atom stereocenters. The average Bonchev–Trinajstić information content (AvgIpc) is 3.31. The van der Waals surface area contributed by atoms with Crippen LogP contribution in [0.25, 0.3) is 16.0 Å².